The molecule has 0 saturated carbocycles. The van der Waals surface area contributed by atoms with Crippen molar-refractivity contribution in [2.45, 2.75) is 19.3 Å². The fraction of sp³-hybridized carbons (Fsp3) is 0.455. The Balaban J connectivity index is 2.22. The molecule has 1 fully saturated rings. The van der Waals surface area contributed by atoms with E-state index < -0.39 is 5.82 Å². The van der Waals surface area contributed by atoms with Crippen LogP contribution in [-0.2, 0) is 0 Å². The lowest BCUT2D eigenvalue weighted by molar-refractivity contribution is 0.466. The normalized spacial score (nSPS) is 17.1. The molecular weight excluding hydrogens is 181 g/mol. The molecule has 1 aromatic carbocycles. The van der Waals surface area contributed by atoms with E-state index in [1.54, 1.807) is 6.07 Å². The van der Waals surface area contributed by atoms with Gasteiger partial charge in [0, 0.05) is 13.1 Å². The van der Waals surface area contributed by atoms with Gasteiger partial charge in [0.2, 0.25) is 0 Å². The molecule has 2 rings (SSSR count). The van der Waals surface area contributed by atoms with E-state index in [1.807, 2.05) is 4.90 Å². The van der Waals surface area contributed by atoms with Crippen molar-refractivity contribution in [2.24, 2.45) is 0 Å². The van der Waals surface area contributed by atoms with Crippen LogP contribution >= 0.6 is 0 Å². The van der Waals surface area contributed by atoms with Crippen LogP contribution in [0.2, 0.25) is 0 Å². The second-order valence-electron chi connectivity index (χ2n) is 3.59. The van der Waals surface area contributed by atoms with E-state index in [-0.39, 0.29) is 5.75 Å². The third kappa shape index (κ3) is 1.81. The van der Waals surface area contributed by atoms with E-state index in [1.165, 1.54) is 12.5 Å². The molecule has 1 aromatic rings. The molecule has 75 valence electrons. The first-order valence-electron chi connectivity index (χ1n) is 4.93. The van der Waals surface area contributed by atoms with Crippen molar-refractivity contribution in [3.8, 4) is 5.75 Å². The summed E-state index contributed by atoms with van der Waals surface area (Å²) < 4.78 is 13.4. The zero-order valence-corrected chi connectivity index (χ0v) is 7.96. The first-order chi connectivity index (χ1) is 6.77. The summed E-state index contributed by atoms with van der Waals surface area (Å²) in [5.74, 6) is -0.588. The lowest BCUT2D eigenvalue weighted by Crippen LogP contribution is -2.30. The Labute approximate surface area is 83.0 Å². The van der Waals surface area contributed by atoms with Crippen LogP contribution in [0.1, 0.15) is 19.3 Å². The lowest BCUT2D eigenvalue weighted by atomic mass is 10.1. The molecule has 0 unspecified atom stereocenters. The number of aromatic hydroxyl groups is 1. The second-order valence-corrected chi connectivity index (χ2v) is 3.59. The average Bonchev–Trinajstić information content (AvgIpc) is 2.19. The molecule has 1 aliphatic heterocycles. The van der Waals surface area contributed by atoms with Crippen LogP contribution in [0.5, 0.6) is 5.75 Å². The Morgan fingerprint density at radius 1 is 1.21 bits per heavy atom. The minimum Gasteiger partial charge on any atom is -0.507 e. The van der Waals surface area contributed by atoms with Crippen molar-refractivity contribution in [1.82, 2.24) is 0 Å². The molecule has 0 amide bonds. The number of piperidine rings is 1. The van der Waals surface area contributed by atoms with Crippen molar-refractivity contribution < 1.29 is 9.50 Å². The zero-order chi connectivity index (χ0) is 9.97. The summed E-state index contributed by atoms with van der Waals surface area (Å²) in [6.45, 7) is 1.80. The van der Waals surface area contributed by atoms with Crippen LogP contribution < -0.4 is 4.90 Å². The molecule has 0 aromatic heterocycles. The number of benzene rings is 1. The number of phenols is 1. The molecule has 1 aliphatic rings. The number of halogens is 1. The maximum absolute atomic E-state index is 13.4. The number of phenolic OH excluding ortho intramolecular Hbond substituents is 1. The van der Waals surface area contributed by atoms with E-state index in [2.05, 4.69) is 6.07 Å². The minimum atomic E-state index is -0.452. The molecular formula is C11H13FNO. The Morgan fingerprint density at radius 2 is 1.93 bits per heavy atom. The highest BCUT2D eigenvalue weighted by Crippen LogP contribution is 2.25. The van der Waals surface area contributed by atoms with Crippen molar-refractivity contribution >= 4 is 5.69 Å². The number of nitrogens with zero attached hydrogens (tertiary/aromatic N) is 1. The predicted octanol–water partition coefficient (Wildman–Crippen LogP) is 2.32. The van der Waals surface area contributed by atoms with Crippen molar-refractivity contribution in [1.29, 1.82) is 0 Å². The van der Waals surface area contributed by atoms with Gasteiger partial charge in [-0.2, -0.15) is 0 Å². The standard InChI is InChI=1S/C11H13FNO/c12-10-8-9(14)4-5-11(10)13-6-2-1-3-7-13/h4-5,14H,1-3,6-7H2. The van der Waals surface area contributed by atoms with Crippen LogP contribution in [0.15, 0.2) is 12.1 Å². The van der Waals surface area contributed by atoms with Crippen LogP contribution in [0, 0.1) is 11.9 Å². The summed E-state index contributed by atoms with van der Waals surface area (Å²) in [6, 6.07) is 5.38. The fourth-order valence-electron chi connectivity index (χ4n) is 1.83. The third-order valence-electron chi connectivity index (χ3n) is 2.56. The number of hydrogen-bond donors (Lipinski definition) is 1. The van der Waals surface area contributed by atoms with Gasteiger partial charge in [0.1, 0.15) is 5.75 Å². The molecule has 0 aliphatic carbocycles. The van der Waals surface area contributed by atoms with Gasteiger partial charge in [0.05, 0.1) is 11.8 Å². The molecule has 1 saturated heterocycles. The smallest absolute Gasteiger partial charge is 0.158 e. The summed E-state index contributed by atoms with van der Waals surface area (Å²) in [5, 5.41) is 9.02. The highest BCUT2D eigenvalue weighted by atomic mass is 19.1. The van der Waals surface area contributed by atoms with Gasteiger partial charge < -0.3 is 10.0 Å². The Hall–Kier alpha value is -1.25. The first-order valence-corrected chi connectivity index (χ1v) is 4.93. The lowest BCUT2D eigenvalue weighted by Gasteiger charge is -2.28. The van der Waals surface area contributed by atoms with Crippen LogP contribution in [0.25, 0.3) is 0 Å². The van der Waals surface area contributed by atoms with Gasteiger partial charge in [-0.1, -0.05) is 0 Å². The van der Waals surface area contributed by atoms with Crippen molar-refractivity contribution in [2.75, 3.05) is 18.0 Å². The van der Waals surface area contributed by atoms with Crippen molar-refractivity contribution in [3.63, 3.8) is 0 Å². The number of hydrogen-bond acceptors (Lipinski definition) is 2. The summed E-state index contributed by atoms with van der Waals surface area (Å²) in [5.41, 5.74) is 0.558. The Morgan fingerprint density at radius 3 is 2.57 bits per heavy atom. The maximum Gasteiger partial charge on any atom is 0.158 e. The highest BCUT2D eigenvalue weighted by molar-refractivity contribution is 5.49. The summed E-state index contributed by atoms with van der Waals surface area (Å²) >= 11 is 0. The van der Waals surface area contributed by atoms with Crippen LogP contribution in [-0.4, -0.2) is 18.2 Å². The second kappa shape index (κ2) is 3.86. The monoisotopic (exact) mass is 194 g/mol. The topological polar surface area (TPSA) is 23.5 Å². The van der Waals surface area contributed by atoms with Gasteiger partial charge in [-0.15, -0.1) is 0 Å². The van der Waals surface area contributed by atoms with Gasteiger partial charge in [-0.05, 0) is 31.4 Å². The van der Waals surface area contributed by atoms with E-state index in [0.29, 0.717) is 5.69 Å². The molecule has 0 spiro atoms. The van der Waals surface area contributed by atoms with Crippen LogP contribution in [0.4, 0.5) is 10.1 Å². The molecule has 1 heterocycles. The molecule has 0 bridgehead atoms. The Kier molecular flexibility index (Phi) is 2.57. The minimum absolute atomic E-state index is 0.136. The molecule has 0 atom stereocenters. The number of anilines is 1. The molecule has 1 radical (unpaired) electrons. The number of rotatable bonds is 1. The summed E-state index contributed by atoms with van der Waals surface area (Å²) in [4.78, 5) is 2.01. The highest BCUT2D eigenvalue weighted by Gasteiger charge is 2.14. The van der Waals surface area contributed by atoms with Gasteiger partial charge in [0.25, 0.3) is 0 Å². The summed E-state index contributed by atoms with van der Waals surface area (Å²) in [6.07, 6.45) is 3.44. The largest absolute Gasteiger partial charge is 0.507 e. The quantitative estimate of drug-likeness (QED) is 0.741. The predicted molar refractivity (Wildman–Crippen MR) is 53.0 cm³/mol. The average molecular weight is 194 g/mol. The summed E-state index contributed by atoms with van der Waals surface area (Å²) in [7, 11) is 0. The van der Waals surface area contributed by atoms with E-state index in [0.717, 1.165) is 25.9 Å². The van der Waals surface area contributed by atoms with Crippen LogP contribution in [0.3, 0.4) is 0 Å². The van der Waals surface area contributed by atoms with E-state index >= 15 is 0 Å². The molecule has 1 N–H and O–H groups in total. The van der Waals surface area contributed by atoms with Gasteiger partial charge >= 0.3 is 0 Å². The van der Waals surface area contributed by atoms with E-state index in [9.17, 15) is 4.39 Å². The SMILES string of the molecule is Oc1[c]c(F)c(N2CCCCC2)cc1. The molecule has 2 nitrogen and oxygen atoms in total. The van der Waals surface area contributed by atoms with Gasteiger partial charge in [-0.25, -0.2) is 4.39 Å². The van der Waals surface area contributed by atoms with Gasteiger partial charge in [0.15, 0.2) is 5.82 Å². The van der Waals surface area contributed by atoms with E-state index in [4.69, 9.17) is 5.11 Å². The maximum atomic E-state index is 13.4. The van der Waals surface area contributed by atoms with Crippen molar-refractivity contribution in [3.05, 3.63) is 24.0 Å². The Bertz CT molecular complexity index is 321. The first kappa shape index (κ1) is 9.31. The third-order valence-corrected chi connectivity index (χ3v) is 2.56. The molecule has 14 heavy (non-hydrogen) atoms. The molecule has 3 heteroatoms. The fourth-order valence-corrected chi connectivity index (χ4v) is 1.83. The van der Waals surface area contributed by atoms with Gasteiger partial charge in [-0.3, -0.25) is 0 Å². The zero-order valence-electron chi connectivity index (χ0n) is 7.96.